The SMILES string of the molecule is Oc1ccc2c(c1)C(Nc1cc(F)cc(F)c1F)CCC2. The van der Waals surface area contributed by atoms with E-state index < -0.39 is 17.5 Å². The summed E-state index contributed by atoms with van der Waals surface area (Å²) in [5.41, 5.74) is 1.69. The zero-order valence-electron chi connectivity index (χ0n) is 11.2. The molecule has 1 aliphatic rings. The Kier molecular flexibility index (Phi) is 3.49. The molecule has 1 unspecified atom stereocenters. The van der Waals surface area contributed by atoms with Crippen LogP contribution in [0, 0.1) is 17.5 Å². The Morgan fingerprint density at radius 2 is 1.90 bits per heavy atom. The Balaban J connectivity index is 1.95. The third-order valence-electron chi connectivity index (χ3n) is 3.77. The molecule has 0 spiro atoms. The van der Waals surface area contributed by atoms with Crippen molar-refractivity contribution in [2.24, 2.45) is 0 Å². The molecule has 0 amide bonds. The average molecular weight is 293 g/mol. The summed E-state index contributed by atoms with van der Waals surface area (Å²) in [6.07, 6.45) is 2.46. The minimum absolute atomic E-state index is 0.119. The number of aryl methyl sites for hydroxylation is 1. The maximum absolute atomic E-state index is 13.7. The van der Waals surface area contributed by atoms with Crippen molar-refractivity contribution in [1.29, 1.82) is 0 Å². The van der Waals surface area contributed by atoms with Crippen LogP contribution in [-0.4, -0.2) is 5.11 Å². The number of phenolic OH excluding ortho intramolecular Hbond substituents is 1. The van der Waals surface area contributed by atoms with E-state index in [9.17, 15) is 18.3 Å². The molecule has 2 aromatic carbocycles. The monoisotopic (exact) mass is 293 g/mol. The first-order valence-electron chi connectivity index (χ1n) is 6.77. The Hall–Kier alpha value is -2.17. The number of fused-ring (bicyclic) bond motifs is 1. The van der Waals surface area contributed by atoms with Gasteiger partial charge in [0.15, 0.2) is 11.6 Å². The zero-order valence-corrected chi connectivity index (χ0v) is 11.2. The number of halogens is 3. The van der Waals surface area contributed by atoms with Gasteiger partial charge >= 0.3 is 0 Å². The number of hydrogen-bond acceptors (Lipinski definition) is 2. The summed E-state index contributed by atoms with van der Waals surface area (Å²) in [6.45, 7) is 0. The Bertz CT molecular complexity index is 687. The van der Waals surface area contributed by atoms with Gasteiger partial charge < -0.3 is 10.4 Å². The summed E-state index contributed by atoms with van der Waals surface area (Å²) in [5.74, 6) is -3.02. The molecule has 5 heteroatoms. The van der Waals surface area contributed by atoms with Gasteiger partial charge in [-0.1, -0.05) is 6.07 Å². The van der Waals surface area contributed by atoms with Crippen molar-refractivity contribution < 1.29 is 18.3 Å². The predicted molar refractivity (Wildman–Crippen MR) is 73.7 cm³/mol. The van der Waals surface area contributed by atoms with Crippen LogP contribution in [0.3, 0.4) is 0 Å². The normalized spacial score (nSPS) is 17.4. The van der Waals surface area contributed by atoms with Crippen LogP contribution >= 0.6 is 0 Å². The van der Waals surface area contributed by atoms with Gasteiger partial charge in [0.1, 0.15) is 11.6 Å². The van der Waals surface area contributed by atoms with Crippen LogP contribution in [-0.2, 0) is 6.42 Å². The highest BCUT2D eigenvalue weighted by molar-refractivity contribution is 5.50. The van der Waals surface area contributed by atoms with Gasteiger partial charge in [0.25, 0.3) is 0 Å². The molecule has 0 bridgehead atoms. The lowest BCUT2D eigenvalue weighted by Crippen LogP contribution is -2.18. The van der Waals surface area contributed by atoms with E-state index in [0.717, 1.165) is 30.0 Å². The predicted octanol–water partition coefficient (Wildman–Crippen LogP) is 4.30. The molecular weight excluding hydrogens is 279 g/mol. The molecule has 1 atom stereocenters. The number of nitrogens with one attached hydrogen (secondary N) is 1. The molecule has 110 valence electrons. The van der Waals surface area contributed by atoms with Crippen molar-refractivity contribution >= 4 is 5.69 Å². The van der Waals surface area contributed by atoms with E-state index in [1.165, 1.54) is 0 Å². The van der Waals surface area contributed by atoms with E-state index in [0.29, 0.717) is 12.5 Å². The average Bonchev–Trinajstić information content (AvgIpc) is 2.45. The van der Waals surface area contributed by atoms with Gasteiger partial charge in [0, 0.05) is 12.1 Å². The molecule has 0 fully saturated rings. The lowest BCUT2D eigenvalue weighted by molar-refractivity contribution is 0.471. The summed E-state index contributed by atoms with van der Waals surface area (Å²) >= 11 is 0. The van der Waals surface area contributed by atoms with E-state index >= 15 is 0 Å². The molecular formula is C16H14F3NO. The zero-order chi connectivity index (χ0) is 15.0. The molecule has 0 aliphatic heterocycles. The second-order valence-corrected chi connectivity index (χ2v) is 5.22. The topological polar surface area (TPSA) is 32.3 Å². The number of phenols is 1. The highest BCUT2D eigenvalue weighted by atomic mass is 19.2. The van der Waals surface area contributed by atoms with Crippen LogP contribution in [0.1, 0.15) is 30.0 Å². The second kappa shape index (κ2) is 5.31. The number of rotatable bonds is 2. The van der Waals surface area contributed by atoms with Crippen molar-refractivity contribution in [3.8, 4) is 5.75 Å². The third-order valence-corrected chi connectivity index (χ3v) is 3.77. The fourth-order valence-corrected chi connectivity index (χ4v) is 2.79. The van der Waals surface area contributed by atoms with E-state index in [4.69, 9.17) is 0 Å². The Labute approximate surface area is 120 Å². The number of aromatic hydroxyl groups is 1. The number of benzene rings is 2. The molecule has 1 aliphatic carbocycles. The van der Waals surface area contributed by atoms with Gasteiger partial charge in [-0.2, -0.15) is 0 Å². The maximum Gasteiger partial charge on any atom is 0.182 e. The number of anilines is 1. The van der Waals surface area contributed by atoms with Crippen LogP contribution in [0.5, 0.6) is 5.75 Å². The van der Waals surface area contributed by atoms with E-state index in [1.807, 2.05) is 6.07 Å². The summed E-state index contributed by atoms with van der Waals surface area (Å²) in [4.78, 5) is 0. The van der Waals surface area contributed by atoms with Gasteiger partial charge in [-0.15, -0.1) is 0 Å². The number of hydrogen-bond donors (Lipinski definition) is 2. The summed E-state index contributed by atoms with van der Waals surface area (Å²) < 4.78 is 40.2. The summed E-state index contributed by atoms with van der Waals surface area (Å²) in [6, 6.07) is 6.21. The third kappa shape index (κ3) is 2.68. The molecule has 2 N–H and O–H groups in total. The standard InChI is InChI=1S/C16H14F3NO/c17-10-6-13(18)16(19)15(7-10)20-14-3-1-2-9-4-5-11(21)8-12(9)14/h4-8,14,20-21H,1-3H2. The summed E-state index contributed by atoms with van der Waals surface area (Å²) in [5, 5.41) is 12.4. The molecule has 2 aromatic rings. The van der Waals surface area contributed by atoms with Crippen molar-refractivity contribution in [3.05, 3.63) is 58.9 Å². The largest absolute Gasteiger partial charge is 0.508 e. The van der Waals surface area contributed by atoms with Crippen LogP contribution in [0.25, 0.3) is 0 Å². The van der Waals surface area contributed by atoms with E-state index in [-0.39, 0.29) is 17.5 Å². The van der Waals surface area contributed by atoms with Crippen molar-refractivity contribution in [3.63, 3.8) is 0 Å². The molecule has 0 saturated carbocycles. The minimum atomic E-state index is -1.22. The second-order valence-electron chi connectivity index (χ2n) is 5.22. The highest BCUT2D eigenvalue weighted by Crippen LogP contribution is 2.35. The fraction of sp³-hybridized carbons (Fsp3) is 0.250. The van der Waals surface area contributed by atoms with Crippen LogP contribution < -0.4 is 5.32 Å². The van der Waals surface area contributed by atoms with Crippen molar-refractivity contribution in [1.82, 2.24) is 0 Å². The van der Waals surface area contributed by atoms with Crippen LogP contribution in [0.2, 0.25) is 0 Å². The van der Waals surface area contributed by atoms with Gasteiger partial charge in [-0.3, -0.25) is 0 Å². The van der Waals surface area contributed by atoms with Crippen molar-refractivity contribution in [2.75, 3.05) is 5.32 Å². The first-order valence-corrected chi connectivity index (χ1v) is 6.77. The summed E-state index contributed by atoms with van der Waals surface area (Å²) in [7, 11) is 0. The molecule has 0 saturated heterocycles. The van der Waals surface area contributed by atoms with E-state index in [2.05, 4.69) is 5.32 Å². The maximum atomic E-state index is 13.7. The molecule has 0 aromatic heterocycles. The van der Waals surface area contributed by atoms with Gasteiger partial charge in [0.2, 0.25) is 0 Å². The smallest absolute Gasteiger partial charge is 0.182 e. The molecule has 2 nitrogen and oxygen atoms in total. The van der Waals surface area contributed by atoms with Gasteiger partial charge in [-0.05, 0) is 42.5 Å². The molecule has 0 radical (unpaired) electrons. The van der Waals surface area contributed by atoms with Crippen molar-refractivity contribution in [2.45, 2.75) is 25.3 Å². The van der Waals surface area contributed by atoms with E-state index in [1.54, 1.807) is 12.1 Å². The van der Waals surface area contributed by atoms with Crippen LogP contribution in [0.15, 0.2) is 30.3 Å². The first-order chi connectivity index (χ1) is 10.0. The van der Waals surface area contributed by atoms with Crippen LogP contribution in [0.4, 0.5) is 18.9 Å². The quantitative estimate of drug-likeness (QED) is 0.809. The fourth-order valence-electron chi connectivity index (χ4n) is 2.79. The lowest BCUT2D eigenvalue weighted by Gasteiger charge is -2.27. The Morgan fingerprint density at radius 3 is 2.71 bits per heavy atom. The lowest BCUT2D eigenvalue weighted by atomic mass is 9.87. The molecule has 21 heavy (non-hydrogen) atoms. The molecule has 0 heterocycles. The highest BCUT2D eigenvalue weighted by Gasteiger charge is 2.22. The first kappa shape index (κ1) is 13.8. The minimum Gasteiger partial charge on any atom is -0.508 e. The van der Waals surface area contributed by atoms with Gasteiger partial charge in [0.05, 0.1) is 11.7 Å². The molecule has 3 rings (SSSR count). The van der Waals surface area contributed by atoms with Gasteiger partial charge in [-0.25, -0.2) is 13.2 Å². The Morgan fingerprint density at radius 1 is 1.10 bits per heavy atom.